The molecule has 0 saturated heterocycles. The van der Waals surface area contributed by atoms with Crippen molar-refractivity contribution in [3.63, 3.8) is 0 Å². The number of hydrogen-bond acceptors (Lipinski definition) is 2. The normalized spacial score (nSPS) is 13.0. The molecule has 0 aliphatic heterocycles. The van der Waals surface area contributed by atoms with Crippen molar-refractivity contribution < 1.29 is 13.6 Å². The third-order valence-corrected chi connectivity index (χ3v) is 5.66. The van der Waals surface area contributed by atoms with E-state index in [2.05, 4.69) is 15.6 Å². The first-order valence-electron chi connectivity index (χ1n) is 11.0. The van der Waals surface area contributed by atoms with Crippen molar-refractivity contribution in [2.24, 2.45) is 0 Å². The van der Waals surface area contributed by atoms with E-state index in [1.54, 1.807) is 18.3 Å². The highest BCUT2D eigenvalue weighted by Gasteiger charge is 2.38. The van der Waals surface area contributed by atoms with Crippen molar-refractivity contribution in [1.82, 2.24) is 10.3 Å². The van der Waals surface area contributed by atoms with Gasteiger partial charge in [0, 0.05) is 25.1 Å². The average Bonchev–Trinajstić information content (AvgIpc) is 2.85. The number of para-hydroxylation sites is 1. The Hall–Kier alpha value is -4.06. The Labute approximate surface area is 197 Å². The Morgan fingerprint density at radius 1 is 0.824 bits per heavy atom. The Bertz CT molecular complexity index is 1190. The largest absolute Gasteiger partial charge is 0.322 e. The summed E-state index contributed by atoms with van der Waals surface area (Å²) in [6, 6.07) is 30.1. The quantitative estimate of drug-likeness (QED) is 0.333. The van der Waals surface area contributed by atoms with E-state index in [4.69, 9.17) is 0 Å². The molecule has 0 aliphatic carbocycles. The zero-order valence-corrected chi connectivity index (χ0v) is 18.7. The highest BCUT2D eigenvalue weighted by atomic mass is 19.3. The third kappa shape index (κ3) is 5.12. The molecule has 4 rings (SSSR count). The molecule has 1 unspecified atom stereocenters. The Morgan fingerprint density at radius 2 is 1.44 bits per heavy atom. The van der Waals surface area contributed by atoms with Crippen molar-refractivity contribution in [2.45, 2.75) is 24.8 Å². The lowest BCUT2D eigenvalue weighted by molar-refractivity contribution is 0.0183. The van der Waals surface area contributed by atoms with E-state index in [9.17, 15) is 13.6 Å². The summed E-state index contributed by atoms with van der Waals surface area (Å²) in [4.78, 5) is 17.9. The molecule has 0 fully saturated rings. The van der Waals surface area contributed by atoms with Crippen LogP contribution in [0, 0.1) is 0 Å². The van der Waals surface area contributed by atoms with E-state index in [0.29, 0.717) is 12.1 Å². The molecule has 2 N–H and O–H groups in total. The van der Waals surface area contributed by atoms with Gasteiger partial charge in [-0.05, 0) is 29.3 Å². The number of carbonyl (C=O) groups excluding carboxylic acids is 1. The topological polar surface area (TPSA) is 54.0 Å². The first-order chi connectivity index (χ1) is 16.4. The molecule has 4 aromatic rings. The van der Waals surface area contributed by atoms with Crippen molar-refractivity contribution in [1.29, 1.82) is 0 Å². The van der Waals surface area contributed by atoms with E-state index >= 15 is 0 Å². The minimum Gasteiger partial charge on any atom is -0.322 e. The molecule has 0 spiro atoms. The van der Waals surface area contributed by atoms with E-state index in [1.165, 1.54) is 18.2 Å². The zero-order valence-electron chi connectivity index (χ0n) is 18.7. The Kier molecular flexibility index (Phi) is 6.68. The maximum absolute atomic E-state index is 14.1. The molecule has 34 heavy (non-hydrogen) atoms. The van der Waals surface area contributed by atoms with Gasteiger partial charge in [0.15, 0.2) is 0 Å². The number of pyridine rings is 1. The minimum absolute atomic E-state index is 0.0511. The number of anilines is 1. The maximum Gasteiger partial charge on any atom is 0.320 e. The van der Waals surface area contributed by atoms with Crippen LogP contribution in [0.15, 0.2) is 109 Å². The molecular formula is C28H25F2N3O. The van der Waals surface area contributed by atoms with Gasteiger partial charge in [-0.1, -0.05) is 84.9 Å². The smallest absolute Gasteiger partial charge is 0.320 e. The molecule has 0 bridgehead atoms. The van der Waals surface area contributed by atoms with Gasteiger partial charge in [-0.3, -0.25) is 4.98 Å². The summed E-state index contributed by atoms with van der Waals surface area (Å²) in [6.45, 7) is 0.809. The van der Waals surface area contributed by atoms with E-state index in [0.717, 1.165) is 18.1 Å². The number of amides is 2. The molecule has 4 nitrogen and oxygen atoms in total. The summed E-state index contributed by atoms with van der Waals surface area (Å²) in [5.41, 5.74) is 1.19. The van der Waals surface area contributed by atoms with Crippen LogP contribution in [0.25, 0.3) is 0 Å². The van der Waals surface area contributed by atoms with Crippen LogP contribution in [-0.2, 0) is 17.9 Å². The third-order valence-electron chi connectivity index (χ3n) is 5.66. The van der Waals surface area contributed by atoms with Gasteiger partial charge in [-0.25, -0.2) is 13.6 Å². The van der Waals surface area contributed by atoms with Crippen LogP contribution in [0.3, 0.4) is 0 Å². The van der Waals surface area contributed by atoms with E-state index < -0.39 is 17.5 Å². The molecule has 172 valence electrons. The van der Waals surface area contributed by atoms with Gasteiger partial charge in [0.2, 0.25) is 0 Å². The van der Waals surface area contributed by atoms with Crippen molar-refractivity contribution >= 4 is 11.7 Å². The molecular weight excluding hydrogens is 432 g/mol. The number of urea groups is 1. The lowest BCUT2D eigenvalue weighted by Gasteiger charge is -2.35. The molecule has 2 amide bonds. The molecule has 1 heterocycles. The van der Waals surface area contributed by atoms with E-state index in [1.807, 2.05) is 72.8 Å². The summed E-state index contributed by atoms with van der Waals surface area (Å²) >= 11 is 0. The monoisotopic (exact) mass is 457 g/mol. The van der Waals surface area contributed by atoms with E-state index in [-0.39, 0.29) is 11.3 Å². The van der Waals surface area contributed by atoms with Gasteiger partial charge < -0.3 is 10.6 Å². The van der Waals surface area contributed by atoms with Gasteiger partial charge in [-0.2, -0.15) is 0 Å². The second-order valence-electron chi connectivity index (χ2n) is 8.16. The number of nitrogens with one attached hydrogen (secondary N) is 2. The molecule has 3 aromatic carbocycles. The van der Waals surface area contributed by atoms with Gasteiger partial charge in [0.05, 0.1) is 11.4 Å². The zero-order chi connectivity index (χ0) is 24.0. The molecule has 1 atom stereocenters. The van der Waals surface area contributed by atoms with Crippen LogP contribution in [0.5, 0.6) is 0 Å². The predicted octanol–water partition coefficient (Wildman–Crippen LogP) is 6.50. The number of rotatable bonds is 7. The maximum atomic E-state index is 14.1. The van der Waals surface area contributed by atoms with Gasteiger partial charge in [0.25, 0.3) is 5.92 Å². The summed E-state index contributed by atoms with van der Waals surface area (Å²) < 4.78 is 28.3. The van der Waals surface area contributed by atoms with Crippen LogP contribution in [0.1, 0.15) is 29.3 Å². The fraction of sp³-hybridized carbons (Fsp3) is 0.143. The summed E-state index contributed by atoms with van der Waals surface area (Å²) in [5.74, 6) is -3.11. The Morgan fingerprint density at radius 3 is 2.09 bits per heavy atom. The lowest BCUT2D eigenvalue weighted by atomic mass is 9.80. The van der Waals surface area contributed by atoms with Crippen molar-refractivity contribution in [2.75, 3.05) is 5.32 Å². The van der Waals surface area contributed by atoms with Gasteiger partial charge >= 0.3 is 6.03 Å². The fourth-order valence-electron chi connectivity index (χ4n) is 4.08. The second-order valence-corrected chi connectivity index (χ2v) is 8.16. The molecule has 0 saturated carbocycles. The highest BCUT2D eigenvalue weighted by molar-refractivity contribution is 5.91. The van der Waals surface area contributed by atoms with Gasteiger partial charge in [-0.15, -0.1) is 0 Å². The number of hydrogen-bond donors (Lipinski definition) is 2. The Balaban J connectivity index is 1.78. The van der Waals surface area contributed by atoms with Gasteiger partial charge in [0.1, 0.15) is 5.54 Å². The lowest BCUT2D eigenvalue weighted by Crippen LogP contribution is -2.50. The van der Waals surface area contributed by atoms with Crippen LogP contribution in [-0.4, -0.2) is 11.0 Å². The number of nitrogens with zero attached hydrogens (tertiary/aromatic N) is 1. The standard InChI is InChI=1S/C28H25F2N3O/c1-27(29,30)23-16-8-9-17-24(23)32-26(34)33-28(22-14-6-3-7-15-22,25-18-10-11-19-31-25)20-21-12-4-2-5-13-21/h2-19H,20H2,1H3,(H2,32,33,34). The number of carbonyl (C=O) groups is 1. The number of benzene rings is 3. The molecule has 1 aromatic heterocycles. The first-order valence-corrected chi connectivity index (χ1v) is 11.0. The number of halogens is 2. The van der Waals surface area contributed by atoms with Crippen LogP contribution >= 0.6 is 0 Å². The van der Waals surface area contributed by atoms with Crippen LogP contribution < -0.4 is 10.6 Å². The van der Waals surface area contributed by atoms with Crippen LogP contribution in [0.2, 0.25) is 0 Å². The number of alkyl halides is 2. The summed E-state index contributed by atoms with van der Waals surface area (Å²) in [5, 5.41) is 5.72. The molecule has 6 heteroatoms. The molecule has 0 radical (unpaired) electrons. The first kappa shape index (κ1) is 23.1. The minimum atomic E-state index is -3.11. The SMILES string of the molecule is CC(F)(F)c1ccccc1NC(=O)NC(Cc1ccccc1)(c1ccccc1)c1ccccn1. The predicted molar refractivity (Wildman–Crippen MR) is 130 cm³/mol. The fourth-order valence-corrected chi connectivity index (χ4v) is 4.08. The second kappa shape index (κ2) is 9.83. The average molecular weight is 458 g/mol. The van der Waals surface area contributed by atoms with Crippen molar-refractivity contribution in [3.8, 4) is 0 Å². The highest BCUT2D eigenvalue weighted by Crippen LogP contribution is 2.35. The van der Waals surface area contributed by atoms with Crippen molar-refractivity contribution in [3.05, 3.63) is 132 Å². The summed E-state index contributed by atoms with van der Waals surface area (Å²) in [7, 11) is 0. The van der Waals surface area contributed by atoms with Crippen LogP contribution in [0.4, 0.5) is 19.3 Å². The summed E-state index contributed by atoms with van der Waals surface area (Å²) in [6.07, 6.45) is 2.08. The molecule has 0 aliphatic rings. The number of aromatic nitrogens is 1.